The monoisotopic (exact) mass is 565 g/mol. The van der Waals surface area contributed by atoms with Crippen LogP contribution in [0.4, 0.5) is 5.13 Å². The SMILES string of the molecule is Cc1ccccc1-n1c(SCC(=O)Nc2ncc(Cc3ccc(Br)cc3)s2)nnc1-c1ccco1. The van der Waals surface area contributed by atoms with Crippen LogP contribution in [0.15, 0.2) is 87.2 Å². The molecular formula is C25H20BrN5O2S2. The van der Waals surface area contributed by atoms with E-state index >= 15 is 0 Å². The Kier molecular flexibility index (Phi) is 7.12. The van der Waals surface area contributed by atoms with Crippen molar-refractivity contribution >= 4 is 50.1 Å². The van der Waals surface area contributed by atoms with Crippen molar-refractivity contribution in [3.05, 3.63) is 93.6 Å². The van der Waals surface area contributed by atoms with Crippen molar-refractivity contribution in [3.63, 3.8) is 0 Å². The fourth-order valence-electron chi connectivity index (χ4n) is 3.50. The van der Waals surface area contributed by atoms with Crippen molar-refractivity contribution in [1.82, 2.24) is 19.7 Å². The number of hydrogen-bond donors (Lipinski definition) is 1. The molecule has 10 heteroatoms. The van der Waals surface area contributed by atoms with Gasteiger partial charge in [-0.05, 0) is 48.4 Å². The van der Waals surface area contributed by atoms with Crippen LogP contribution in [0, 0.1) is 6.92 Å². The minimum atomic E-state index is -0.154. The third kappa shape index (κ3) is 5.55. The molecule has 3 aromatic heterocycles. The smallest absolute Gasteiger partial charge is 0.236 e. The van der Waals surface area contributed by atoms with Crippen LogP contribution in [-0.4, -0.2) is 31.4 Å². The minimum Gasteiger partial charge on any atom is -0.461 e. The van der Waals surface area contributed by atoms with E-state index in [4.69, 9.17) is 4.42 Å². The maximum Gasteiger partial charge on any atom is 0.236 e. The van der Waals surface area contributed by atoms with Gasteiger partial charge < -0.3 is 9.73 Å². The molecule has 1 amide bonds. The Bertz CT molecular complexity index is 1450. The van der Waals surface area contributed by atoms with E-state index in [1.165, 1.54) is 28.7 Å². The molecule has 0 radical (unpaired) electrons. The number of halogens is 1. The Balaban J connectivity index is 1.28. The third-order valence-electron chi connectivity index (χ3n) is 5.16. The van der Waals surface area contributed by atoms with Crippen molar-refractivity contribution in [3.8, 4) is 17.3 Å². The first kappa shape index (κ1) is 23.5. The molecule has 0 saturated carbocycles. The predicted molar refractivity (Wildman–Crippen MR) is 142 cm³/mol. The summed E-state index contributed by atoms with van der Waals surface area (Å²) in [6.07, 6.45) is 4.18. The Hall–Kier alpha value is -3.21. The van der Waals surface area contributed by atoms with E-state index in [0.29, 0.717) is 21.9 Å². The van der Waals surface area contributed by atoms with Gasteiger partial charge in [0, 0.05) is 22.0 Å². The molecule has 0 aliphatic heterocycles. The molecule has 0 atom stereocenters. The van der Waals surface area contributed by atoms with Crippen LogP contribution in [0.3, 0.4) is 0 Å². The number of aromatic nitrogens is 4. The van der Waals surface area contributed by atoms with Crippen molar-refractivity contribution in [2.24, 2.45) is 0 Å². The summed E-state index contributed by atoms with van der Waals surface area (Å²) in [5.41, 5.74) is 3.19. The molecule has 1 N–H and O–H groups in total. The lowest BCUT2D eigenvalue weighted by Crippen LogP contribution is -2.14. The number of anilines is 1. The number of thiazole rings is 1. The highest BCUT2D eigenvalue weighted by molar-refractivity contribution is 9.10. The van der Waals surface area contributed by atoms with E-state index in [1.54, 1.807) is 12.5 Å². The number of thioether (sulfide) groups is 1. The van der Waals surface area contributed by atoms with Gasteiger partial charge in [0.25, 0.3) is 0 Å². The van der Waals surface area contributed by atoms with Gasteiger partial charge in [-0.2, -0.15) is 0 Å². The summed E-state index contributed by atoms with van der Waals surface area (Å²) in [5.74, 6) is 1.21. The molecule has 0 fully saturated rings. The predicted octanol–water partition coefficient (Wildman–Crippen LogP) is 6.38. The lowest BCUT2D eigenvalue weighted by Gasteiger charge is -2.11. The maximum atomic E-state index is 12.7. The number of amides is 1. The number of hydrogen-bond acceptors (Lipinski definition) is 7. The van der Waals surface area contributed by atoms with Gasteiger partial charge in [-0.3, -0.25) is 9.36 Å². The summed E-state index contributed by atoms with van der Waals surface area (Å²) in [6, 6.07) is 19.8. The first-order valence-electron chi connectivity index (χ1n) is 10.7. The van der Waals surface area contributed by atoms with Crippen LogP contribution in [0.1, 0.15) is 16.0 Å². The van der Waals surface area contributed by atoms with E-state index in [1.807, 2.05) is 60.0 Å². The molecule has 0 aliphatic carbocycles. The Labute approximate surface area is 218 Å². The Morgan fingerprint density at radius 1 is 1.11 bits per heavy atom. The molecule has 5 aromatic rings. The van der Waals surface area contributed by atoms with Gasteiger partial charge in [-0.1, -0.05) is 58.0 Å². The van der Waals surface area contributed by atoms with Gasteiger partial charge in [-0.15, -0.1) is 21.5 Å². The number of benzene rings is 2. The van der Waals surface area contributed by atoms with Crippen LogP contribution in [-0.2, 0) is 11.2 Å². The van der Waals surface area contributed by atoms with E-state index in [2.05, 4.69) is 48.6 Å². The van der Waals surface area contributed by atoms with Crippen molar-refractivity contribution in [1.29, 1.82) is 0 Å². The molecule has 35 heavy (non-hydrogen) atoms. The van der Waals surface area contributed by atoms with Crippen LogP contribution in [0.2, 0.25) is 0 Å². The second kappa shape index (κ2) is 10.6. The van der Waals surface area contributed by atoms with Gasteiger partial charge in [0.1, 0.15) is 0 Å². The second-order valence-electron chi connectivity index (χ2n) is 7.68. The van der Waals surface area contributed by atoms with Crippen LogP contribution >= 0.6 is 39.0 Å². The number of para-hydroxylation sites is 1. The zero-order valence-corrected chi connectivity index (χ0v) is 21.9. The van der Waals surface area contributed by atoms with Crippen molar-refractivity contribution < 1.29 is 9.21 Å². The average Bonchev–Trinajstić information content (AvgIpc) is 3.61. The summed E-state index contributed by atoms with van der Waals surface area (Å²) < 4.78 is 8.54. The number of carbonyl (C=O) groups is 1. The van der Waals surface area contributed by atoms with Gasteiger partial charge in [-0.25, -0.2) is 4.98 Å². The zero-order valence-electron chi connectivity index (χ0n) is 18.6. The molecule has 0 saturated heterocycles. The lowest BCUT2D eigenvalue weighted by atomic mass is 10.1. The van der Waals surface area contributed by atoms with Crippen LogP contribution in [0.5, 0.6) is 0 Å². The Morgan fingerprint density at radius 3 is 2.71 bits per heavy atom. The molecular weight excluding hydrogens is 546 g/mol. The van der Waals surface area contributed by atoms with Gasteiger partial charge in [0.05, 0.1) is 17.7 Å². The molecule has 0 unspecified atom stereocenters. The number of nitrogens with one attached hydrogen (secondary N) is 1. The molecule has 0 aliphatic rings. The molecule has 0 bridgehead atoms. The molecule has 7 nitrogen and oxygen atoms in total. The summed E-state index contributed by atoms with van der Waals surface area (Å²) in [4.78, 5) is 18.1. The molecule has 176 valence electrons. The Morgan fingerprint density at radius 2 is 1.94 bits per heavy atom. The minimum absolute atomic E-state index is 0.154. The number of rotatable bonds is 8. The fraction of sp³-hybridized carbons (Fsp3) is 0.120. The zero-order chi connectivity index (χ0) is 24.2. The second-order valence-corrected chi connectivity index (χ2v) is 10.7. The number of furan rings is 1. The highest BCUT2D eigenvalue weighted by Gasteiger charge is 2.20. The summed E-state index contributed by atoms with van der Waals surface area (Å²) in [7, 11) is 0. The topological polar surface area (TPSA) is 85.8 Å². The highest BCUT2D eigenvalue weighted by atomic mass is 79.9. The summed E-state index contributed by atoms with van der Waals surface area (Å²) in [5, 5.41) is 12.8. The quantitative estimate of drug-likeness (QED) is 0.220. The highest BCUT2D eigenvalue weighted by Crippen LogP contribution is 2.30. The summed E-state index contributed by atoms with van der Waals surface area (Å²) >= 11 is 6.24. The van der Waals surface area contributed by atoms with Crippen LogP contribution in [0.25, 0.3) is 17.3 Å². The van der Waals surface area contributed by atoms with Gasteiger partial charge in [0.2, 0.25) is 11.7 Å². The fourth-order valence-corrected chi connectivity index (χ4v) is 5.37. The van der Waals surface area contributed by atoms with E-state index < -0.39 is 0 Å². The summed E-state index contributed by atoms with van der Waals surface area (Å²) in [6.45, 7) is 2.02. The molecule has 2 aromatic carbocycles. The normalized spacial score (nSPS) is 11.0. The van der Waals surface area contributed by atoms with E-state index in [0.717, 1.165) is 27.0 Å². The average molecular weight is 567 g/mol. The largest absolute Gasteiger partial charge is 0.461 e. The van der Waals surface area contributed by atoms with Crippen molar-refractivity contribution in [2.45, 2.75) is 18.5 Å². The molecule has 5 rings (SSSR count). The van der Waals surface area contributed by atoms with Gasteiger partial charge in [0.15, 0.2) is 16.0 Å². The van der Waals surface area contributed by atoms with E-state index in [9.17, 15) is 4.79 Å². The number of nitrogens with zero attached hydrogens (tertiary/aromatic N) is 4. The number of aryl methyl sites for hydroxylation is 1. The molecule has 0 spiro atoms. The first-order valence-corrected chi connectivity index (χ1v) is 13.3. The molecule has 3 heterocycles. The van der Waals surface area contributed by atoms with Crippen LogP contribution < -0.4 is 5.32 Å². The lowest BCUT2D eigenvalue weighted by molar-refractivity contribution is -0.113. The standard InChI is InChI=1S/C25H20BrN5O2S2/c1-16-5-2-3-6-20(16)31-23(21-7-4-12-33-21)29-30-25(31)34-15-22(32)28-24-27-14-19(35-24)13-17-8-10-18(26)11-9-17/h2-12,14H,13,15H2,1H3,(H,27,28,32). The maximum absolute atomic E-state index is 12.7. The first-order chi connectivity index (χ1) is 17.1. The number of carbonyl (C=O) groups excluding carboxylic acids is 1. The van der Waals surface area contributed by atoms with Gasteiger partial charge >= 0.3 is 0 Å². The van der Waals surface area contributed by atoms with E-state index in [-0.39, 0.29) is 11.7 Å². The van der Waals surface area contributed by atoms with Crippen molar-refractivity contribution in [2.75, 3.05) is 11.1 Å². The third-order valence-corrected chi connectivity index (χ3v) is 7.53.